The summed E-state index contributed by atoms with van der Waals surface area (Å²) < 4.78 is 4.06. The topological polar surface area (TPSA) is 26.5 Å². The van der Waals surface area contributed by atoms with Crippen molar-refractivity contribution in [3.63, 3.8) is 0 Å². The second-order valence-corrected chi connectivity index (χ2v) is 3.07. The maximum Gasteiger partial charge on any atom is 0.366 e. The monoisotopic (exact) mass is 175 g/mol. The van der Waals surface area contributed by atoms with Crippen molar-refractivity contribution in [1.29, 1.82) is 0 Å². The predicted molar refractivity (Wildman–Crippen MR) is 50.7 cm³/mol. The van der Waals surface area contributed by atoms with Crippen molar-refractivity contribution in [3.05, 3.63) is 39.5 Å². The predicted octanol–water partition coefficient (Wildman–Crippen LogP) is -0.244. The lowest BCUT2D eigenvalue weighted by atomic mass is 10.2. The van der Waals surface area contributed by atoms with Crippen LogP contribution in [-0.2, 0) is 0 Å². The van der Waals surface area contributed by atoms with Crippen molar-refractivity contribution >= 4 is 18.5 Å². The lowest BCUT2D eigenvalue weighted by Gasteiger charge is -1.86. The van der Waals surface area contributed by atoms with Gasteiger partial charge in [-0.15, -0.1) is 12.6 Å². The van der Waals surface area contributed by atoms with Crippen molar-refractivity contribution in [2.45, 2.75) is 6.92 Å². The third-order valence-electron chi connectivity index (χ3n) is 1.63. The van der Waals surface area contributed by atoms with Gasteiger partial charge in [-0.1, -0.05) is 6.07 Å². The number of rotatable bonds is 0. The van der Waals surface area contributed by atoms with Crippen molar-refractivity contribution < 1.29 is 0 Å². The van der Waals surface area contributed by atoms with Gasteiger partial charge in [0.15, 0.2) is 5.36 Å². The molecule has 0 radical (unpaired) electrons. The molecule has 1 aromatic carbocycles. The van der Waals surface area contributed by atoms with E-state index in [1.165, 1.54) is 5.56 Å². The summed E-state index contributed by atoms with van der Waals surface area (Å²) >= 11 is 4.07. The van der Waals surface area contributed by atoms with Crippen molar-refractivity contribution in [1.82, 2.24) is 4.67 Å². The fourth-order valence-electron chi connectivity index (χ4n) is 1.07. The van der Waals surface area contributed by atoms with Crippen LogP contribution in [0.25, 0.3) is 0 Å². The van der Waals surface area contributed by atoms with Crippen LogP contribution < -0.4 is 15.4 Å². The van der Waals surface area contributed by atoms with Gasteiger partial charge in [0, 0.05) is 6.07 Å². The van der Waals surface area contributed by atoms with E-state index in [9.17, 15) is 0 Å². The third kappa shape index (κ3) is 1.21. The molecule has 3 heteroatoms. The van der Waals surface area contributed by atoms with E-state index >= 15 is 0 Å². The maximum absolute atomic E-state index is 4.18. The van der Waals surface area contributed by atoms with E-state index in [1.807, 2.05) is 25.1 Å². The zero-order valence-corrected chi connectivity index (χ0v) is 7.47. The lowest BCUT2D eigenvalue weighted by Crippen LogP contribution is -2.29. The molecule has 0 amide bonds. The second-order valence-electron chi connectivity index (χ2n) is 2.65. The van der Waals surface area contributed by atoms with Gasteiger partial charge in [-0.3, -0.25) is 0 Å². The van der Waals surface area contributed by atoms with Gasteiger partial charge in [0.2, 0.25) is 5.03 Å². The van der Waals surface area contributed by atoms with Gasteiger partial charge in [0.25, 0.3) is 0 Å². The Morgan fingerprint density at radius 2 is 2.33 bits per heavy atom. The molecular weight excluding hydrogens is 168 g/mol. The Morgan fingerprint density at radius 3 is 3.17 bits per heavy atom. The zero-order valence-electron chi connectivity index (χ0n) is 6.57. The molecule has 0 saturated heterocycles. The molecule has 1 heterocycles. The highest BCUT2D eigenvalue weighted by Gasteiger charge is 2.02. The Hall–Kier alpha value is -1.27. The Balaban J connectivity index is 2.97. The number of hydrogen-bond donors (Lipinski definition) is 1. The molecule has 2 nitrogen and oxygen atoms in total. The standard InChI is InChI=1S/C9H6N2S/c1-6-2-3-7-8(4-6)11-9(12)5-10-7/h2-4H,1H3/p+1. The zero-order chi connectivity index (χ0) is 8.55. The molecule has 1 aliphatic rings. The highest BCUT2D eigenvalue weighted by molar-refractivity contribution is 7.84. The minimum atomic E-state index is 0.535. The van der Waals surface area contributed by atoms with Crippen LogP contribution in [0, 0.1) is 6.92 Å². The van der Waals surface area contributed by atoms with Crippen LogP contribution in [0.5, 0.6) is 0 Å². The summed E-state index contributed by atoms with van der Waals surface area (Å²) in [5.41, 5.74) is 1.18. The molecule has 0 atom stereocenters. The van der Waals surface area contributed by atoms with Gasteiger partial charge >= 0.3 is 11.2 Å². The molecule has 0 aliphatic carbocycles. The summed E-state index contributed by atoms with van der Waals surface area (Å²) in [5.74, 6) is 2.70. The summed E-state index contributed by atoms with van der Waals surface area (Å²) in [6.07, 6.45) is 0. The first-order valence-electron chi connectivity index (χ1n) is 3.61. The largest absolute Gasteiger partial charge is 0.366 e. The first-order valence-corrected chi connectivity index (χ1v) is 4.05. The quantitative estimate of drug-likeness (QED) is 0.416. The average Bonchev–Trinajstić information content (AvgIpc) is 2.03. The van der Waals surface area contributed by atoms with Gasteiger partial charge in [0.1, 0.15) is 0 Å². The molecule has 58 valence electrons. The molecule has 0 bridgehead atoms. The maximum atomic E-state index is 4.18. The number of hydrogen-bond acceptors (Lipinski definition) is 2. The smallest absolute Gasteiger partial charge is 0.219 e. The van der Waals surface area contributed by atoms with Gasteiger partial charge in [-0.2, -0.15) is 0 Å². The number of benzene rings is 1. The third-order valence-corrected chi connectivity index (χ3v) is 1.83. The normalized spacial score (nSPS) is 12.7. The van der Waals surface area contributed by atoms with Crippen LogP contribution in [-0.4, -0.2) is 5.87 Å². The SMILES string of the molecule is Cc1ccc2c(c1)=NC(S)=C=[N+]=2. The Bertz CT molecular complexity index is 518. The van der Waals surface area contributed by atoms with Gasteiger partial charge < -0.3 is 0 Å². The highest BCUT2D eigenvalue weighted by Crippen LogP contribution is 1.94. The first kappa shape index (κ1) is 7.38. The Labute approximate surface area is 75.1 Å². The van der Waals surface area contributed by atoms with Crippen LogP contribution in [0.15, 0.2) is 28.2 Å². The minimum Gasteiger partial charge on any atom is -0.219 e. The van der Waals surface area contributed by atoms with Crippen LogP contribution in [0.3, 0.4) is 0 Å². The molecule has 0 unspecified atom stereocenters. The summed E-state index contributed by atoms with van der Waals surface area (Å²) in [5, 5.41) is 2.27. The molecule has 0 aromatic heterocycles. The van der Waals surface area contributed by atoms with Gasteiger partial charge in [-0.25, -0.2) is 4.99 Å². The molecule has 0 saturated carbocycles. The minimum absolute atomic E-state index is 0.535. The van der Waals surface area contributed by atoms with Gasteiger partial charge in [-0.05, 0) is 23.2 Å². The molecule has 1 aromatic rings. The van der Waals surface area contributed by atoms with E-state index < -0.39 is 0 Å². The summed E-state index contributed by atoms with van der Waals surface area (Å²) in [6.45, 7) is 2.02. The molecule has 1 aliphatic heterocycles. The Morgan fingerprint density at radius 1 is 1.50 bits per heavy atom. The summed E-state index contributed by atoms with van der Waals surface area (Å²) in [4.78, 5) is 4.18. The van der Waals surface area contributed by atoms with E-state index in [1.54, 1.807) is 0 Å². The second kappa shape index (κ2) is 2.65. The fraction of sp³-hybridized carbons (Fsp3) is 0.111. The fourth-order valence-corrected chi connectivity index (χ4v) is 1.22. The highest BCUT2D eigenvalue weighted by atomic mass is 32.1. The molecule has 0 N–H and O–H groups in total. The lowest BCUT2D eigenvalue weighted by molar-refractivity contribution is 1.18. The van der Waals surface area contributed by atoms with Crippen LogP contribution in [0.4, 0.5) is 0 Å². The van der Waals surface area contributed by atoms with E-state index in [4.69, 9.17) is 0 Å². The van der Waals surface area contributed by atoms with Crippen LogP contribution in [0.2, 0.25) is 0 Å². The van der Waals surface area contributed by atoms with Crippen LogP contribution >= 0.6 is 12.6 Å². The number of thiol groups is 1. The summed E-state index contributed by atoms with van der Waals surface area (Å²) in [7, 11) is 0. The van der Waals surface area contributed by atoms with E-state index in [2.05, 4.69) is 28.2 Å². The average molecular weight is 175 g/mol. The van der Waals surface area contributed by atoms with Gasteiger partial charge in [0.05, 0.1) is 0 Å². The summed E-state index contributed by atoms with van der Waals surface area (Å²) in [6, 6.07) is 5.92. The number of fused-ring (bicyclic) bond motifs is 1. The molecule has 2 rings (SSSR count). The van der Waals surface area contributed by atoms with E-state index in [0.29, 0.717) is 5.03 Å². The van der Waals surface area contributed by atoms with E-state index in [0.717, 1.165) is 10.7 Å². The van der Waals surface area contributed by atoms with Crippen molar-refractivity contribution in [2.75, 3.05) is 0 Å². The van der Waals surface area contributed by atoms with Crippen LogP contribution in [0.1, 0.15) is 5.56 Å². The first-order chi connectivity index (χ1) is 5.75. The van der Waals surface area contributed by atoms with Crippen molar-refractivity contribution in [3.8, 4) is 0 Å². The molecular formula is C9H7N2S+. The molecule has 0 spiro atoms. The molecule has 0 fully saturated rings. The number of nitrogens with zero attached hydrogens (tertiary/aromatic N) is 2. The number of aryl methyl sites for hydroxylation is 1. The van der Waals surface area contributed by atoms with Crippen molar-refractivity contribution in [2.24, 2.45) is 4.99 Å². The molecule has 12 heavy (non-hydrogen) atoms. The van der Waals surface area contributed by atoms with E-state index in [-0.39, 0.29) is 0 Å². The Kier molecular flexibility index (Phi) is 1.63.